The smallest absolute Gasteiger partial charge is 0.211 e. The molecule has 2 aliphatic heterocycles. The lowest BCUT2D eigenvalue weighted by Crippen LogP contribution is -2.47. The third-order valence-corrected chi connectivity index (χ3v) is 6.08. The molecule has 2 fully saturated rings. The van der Waals surface area contributed by atoms with E-state index in [-0.39, 0.29) is 29.0 Å². The van der Waals surface area contributed by atoms with Crippen molar-refractivity contribution in [3.05, 3.63) is 46.1 Å². The minimum absolute atomic E-state index is 0. The van der Waals surface area contributed by atoms with Crippen molar-refractivity contribution in [1.29, 1.82) is 0 Å². The van der Waals surface area contributed by atoms with Gasteiger partial charge in [0.15, 0.2) is 0 Å². The molecule has 0 radical (unpaired) electrons. The summed E-state index contributed by atoms with van der Waals surface area (Å²) in [5.41, 5.74) is 1.30. The Kier molecular flexibility index (Phi) is 6.06. The lowest BCUT2D eigenvalue weighted by molar-refractivity contribution is 0.0861. The first-order chi connectivity index (χ1) is 12.2. The normalized spacial score (nSPS) is 22.3. The fraction of sp³-hybridized carbons (Fsp3) is 0.500. The first-order valence-corrected chi connectivity index (χ1v) is 9.62. The molecule has 0 amide bonds. The van der Waals surface area contributed by atoms with E-state index < -0.39 is 0 Å². The molecule has 0 spiro atoms. The van der Waals surface area contributed by atoms with E-state index in [1.54, 1.807) is 24.3 Å². The number of benzene rings is 1. The zero-order valence-electron chi connectivity index (χ0n) is 14.7. The summed E-state index contributed by atoms with van der Waals surface area (Å²) in [6.07, 6.45) is 5.98. The molecule has 0 unspecified atom stereocenters. The number of Topliss-reactive ketones (excluding diaryl/α,β-unsaturated/α-hetero) is 2. The van der Waals surface area contributed by atoms with Gasteiger partial charge in [0.1, 0.15) is 10.7 Å². The maximum atomic E-state index is 12.9. The van der Waals surface area contributed by atoms with Crippen LogP contribution in [0.1, 0.15) is 52.8 Å². The van der Waals surface area contributed by atoms with Crippen LogP contribution in [0.5, 0.6) is 0 Å². The molecular formula is C20H24Cl2N2O2. The van der Waals surface area contributed by atoms with E-state index in [9.17, 15) is 9.59 Å². The Morgan fingerprint density at radius 2 is 1.42 bits per heavy atom. The highest BCUT2D eigenvalue weighted by atomic mass is 35.5. The molecule has 1 aromatic rings. The number of likely N-dealkylation sites (tertiary alicyclic amines) is 2. The van der Waals surface area contributed by atoms with Crippen LogP contribution in [-0.4, -0.2) is 53.6 Å². The molecular weight excluding hydrogens is 371 g/mol. The molecule has 2 heterocycles. The van der Waals surface area contributed by atoms with E-state index in [0.717, 1.165) is 25.9 Å². The Morgan fingerprint density at radius 3 is 2.04 bits per heavy atom. The summed E-state index contributed by atoms with van der Waals surface area (Å²) in [6.45, 7) is 3.96. The molecule has 0 N–H and O–H groups in total. The molecule has 0 aromatic heterocycles. The lowest BCUT2D eigenvalue weighted by atomic mass is 9.90. The van der Waals surface area contributed by atoms with Gasteiger partial charge >= 0.3 is 0 Å². The van der Waals surface area contributed by atoms with Crippen LogP contribution in [0.15, 0.2) is 35.0 Å². The van der Waals surface area contributed by atoms with Gasteiger partial charge in [0.05, 0.1) is 0 Å². The van der Waals surface area contributed by atoms with Crippen molar-refractivity contribution >= 4 is 35.6 Å². The SMILES string of the molecule is Cl.O=C1C(Cl)=C(N2CCC(N3CCCCC3)CC2)C(=O)c2ccccc21. The van der Waals surface area contributed by atoms with E-state index >= 15 is 0 Å². The Bertz CT molecular complexity index is 733. The molecule has 4 rings (SSSR count). The molecule has 140 valence electrons. The Hall–Kier alpha value is -1.36. The number of halogens is 2. The largest absolute Gasteiger partial charge is 0.367 e. The van der Waals surface area contributed by atoms with Gasteiger partial charge in [-0.1, -0.05) is 42.3 Å². The first kappa shape index (κ1) is 19.4. The van der Waals surface area contributed by atoms with Crippen molar-refractivity contribution in [3.63, 3.8) is 0 Å². The predicted molar refractivity (Wildman–Crippen MR) is 105 cm³/mol. The van der Waals surface area contributed by atoms with Crippen LogP contribution in [0, 0.1) is 0 Å². The average molecular weight is 395 g/mol. The number of rotatable bonds is 2. The first-order valence-electron chi connectivity index (χ1n) is 9.24. The fourth-order valence-corrected chi connectivity index (χ4v) is 4.66. The van der Waals surface area contributed by atoms with Crippen LogP contribution in [0.4, 0.5) is 0 Å². The highest BCUT2D eigenvalue weighted by Gasteiger charge is 2.36. The van der Waals surface area contributed by atoms with Crippen molar-refractivity contribution in [2.45, 2.75) is 38.1 Å². The number of nitrogens with zero attached hydrogens (tertiary/aromatic N) is 2. The highest BCUT2D eigenvalue weighted by molar-refractivity contribution is 6.49. The van der Waals surface area contributed by atoms with Gasteiger partial charge in [0, 0.05) is 30.3 Å². The van der Waals surface area contributed by atoms with Crippen LogP contribution in [0.25, 0.3) is 0 Å². The zero-order chi connectivity index (χ0) is 17.4. The Balaban J connectivity index is 0.00000196. The summed E-state index contributed by atoms with van der Waals surface area (Å²) < 4.78 is 0. The van der Waals surface area contributed by atoms with E-state index in [4.69, 9.17) is 11.6 Å². The zero-order valence-corrected chi connectivity index (χ0v) is 16.3. The van der Waals surface area contributed by atoms with Crippen LogP contribution >= 0.6 is 24.0 Å². The van der Waals surface area contributed by atoms with Gasteiger partial charge in [-0.15, -0.1) is 12.4 Å². The second-order valence-electron chi connectivity index (χ2n) is 7.18. The monoisotopic (exact) mass is 394 g/mol. The summed E-state index contributed by atoms with van der Waals surface area (Å²) in [6, 6.07) is 7.56. The number of carbonyl (C=O) groups is 2. The van der Waals surface area contributed by atoms with Crippen molar-refractivity contribution in [2.75, 3.05) is 26.2 Å². The maximum absolute atomic E-state index is 12.9. The number of ketones is 2. The van der Waals surface area contributed by atoms with Crippen LogP contribution in [0.2, 0.25) is 0 Å². The third kappa shape index (κ3) is 3.42. The number of fused-ring (bicyclic) bond motifs is 1. The highest BCUT2D eigenvalue weighted by Crippen LogP contribution is 2.32. The fourth-order valence-electron chi connectivity index (χ4n) is 4.35. The summed E-state index contributed by atoms with van der Waals surface area (Å²) >= 11 is 6.33. The molecule has 2 saturated heterocycles. The second kappa shape index (κ2) is 8.12. The van der Waals surface area contributed by atoms with Gasteiger partial charge in [-0.2, -0.15) is 0 Å². The molecule has 26 heavy (non-hydrogen) atoms. The molecule has 1 aliphatic carbocycles. The van der Waals surface area contributed by atoms with Crippen LogP contribution in [-0.2, 0) is 0 Å². The van der Waals surface area contributed by atoms with Gasteiger partial charge in [-0.25, -0.2) is 0 Å². The minimum Gasteiger partial charge on any atom is -0.367 e. The van der Waals surface area contributed by atoms with E-state index in [2.05, 4.69) is 4.90 Å². The molecule has 0 bridgehead atoms. The van der Waals surface area contributed by atoms with Gasteiger partial charge in [-0.05, 0) is 38.8 Å². The number of allylic oxidation sites excluding steroid dienone is 2. The topological polar surface area (TPSA) is 40.6 Å². The van der Waals surface area contributed by atoms with Crippen molar-refractivity contribution in [3.8, 4) is 0 Å². The van der Waals surface area contributed by atoms with Crippen molar-refractivity contribution < 1.29 is 9.59 Å². The van der Waals surface area contributed by atoms with Crippen molar-refractivity contribution in [1.82, 2.24) is 9.80 Å². The summed E-state index contributed by atoms with van der Waals surface area (Å²) in [5.74, 6) is -0.346. The van der Waals surface area contributed by atoms with Gasteiger partial charge in [-0.3, -0.25) is 9.59 Å². The van der Waals surface area contributed by atoms with E-state index in [0.29, 0.717) is 22.9 Å². The molecule has 0 saturated carbocycles. The molecule has 1 aromatic carbocycles. The Morgan fingerprint density at radius 1 is 0.846 bits per heavy atom. The molecule has 3 aliphatic rings. The third-order valence-electron chi connectivity index (χ3n) is 5.73. The standard InChI is InChI=1S/C20H23ClN2O2.ClH/c21-17-18(20(25)16-7-3-2-6-15(16)19(17)24)23-12-8-14(9-13-23)22-10-4-1-5-11-22;/h2-3,6-7,14H,1,4-5,8-13H2;1H. The summed E-state index contributed by atoms with van der Waals surface area (Å²) in [7, 11) is 0. The van der Waals surface area contributed by atoms with E-state index in [1.165, 1.54) is 32.4 Å². The van der Waals surface area contributed by atoms with Crippen molar-refractivity contribution in [2.24, 2.45) is 0 Å². The molecule has 4 nitrogen and oxygen atoms in total. The quantitative estimate of drug-likeness (QED) is 0.762. The lowest BCUT2D eigenvalue weighted by Gasteiger charge is -2.41. The van der Waals surface area contributed by atoms with Gasteiger partial charge in [0.25, 0.3) is 0 Å². The second-order valence-corrected chi connectivity index (χ2v) is 7.56. The predicted octanol–water partition coefficient (Wildman–Crippen LogP) is 3.89. The molecule has 0 atom stereocenters. The van der Waals surface area contributed by atoms with Crippen LogP contribution < -0.4 is 0 Å². The number of hydrogen-bond acceptors (Lipinski definition) is 4. The number of piperidine rings is 2. The Labute approximate surface area is 165 Å². The van der Waals surface area contributed by atoms with Gasteiger partial charge < -0.3 is 9.80 Å². The van der Waals surface area contributed by atoms with E-state index in [1.807, 2.05) is 4.90 Å². The molecule has 6 heteroatoms. The minimum atomic E-state index is -0.231. The summed E-state index contributed by atoms with van der Waals surface area (Å²) in [4.78, 5) is 30.1. The average Bonchev–Trinajstić information content (AvgIpc) is 2.68. The maximum Gasteiger partial charge on any atom is 0.211 e. The number of carbonyl (C=O) groups excluding carboxylic acids is 2. The van der Waals surface area contributed by atoms with Crippen LogP contribution in [0.3, 0.4) is 0 Å². The number of hydrogen-bond donors (Lipinski definition) is 0. The summed E-state index contributed by atoms with van der Waals surface area (Å²) in [5, 5.41) is 0.0834. The van der Waals surface area contributed by atoms with Gasteiger partial charge in [0.2, 0.25) is 11.6 Å².